The summed E-state index contributed by atoms with van der Waals surface area (Å²) >= 11 is 0. The Labute approximate surface area is 150 Å². The maximum atomic E-state index is 12.4. The standard InChI is InChI=1S/C18H21N5O3/c1-11-5-4-6-23-16(24)7-14(20-17(11)23)9-22-8-12(2)25-15(10-22)18-19-13(3)21-26-18/h4-7,12,15H,8-10H2,1-3H3/t12-,15-/m1/s1. The van der Waals surface area contributed by atoms with E-state index in [-0.39, 0.29) is 17.8 Å². The van der Waals surface area contributed by atoms with Gasteiger partial charge in [-0.05, 0) is 32.4 Å². The summed E-state index contributed by atoms with van der Waals surface area (Å²) in [5.41, 5.74) is 2.35. The molecule has 2 atom stereocenters. The lowest BCUT2D eigenvalue weighted by Gasteiger charge is -2.34. The molecule has 8 nitrogen and oxygen atoms in total. The van der Waals surface area contributed by atoms with Crippen LogP contribution in [-0.2, 0) is 11.3 Å². The molecular formula is C18H21N5O3. The molecule has 1 aliphatic heterocycles. The third kappa shape index (κ3) is 3.25. The second kappa shape index (κ2) is 6.62. The SMILES string of the molecule is Cc1noc([C@H]2CN(Cc3cc(=O)n4cccc(C)c4n3)C[C@@H](C)O2)n1. The van der Waals surface area contributed by atoms with Crippen LogP contribution in [0.25, 0.3) is 5.65 Å². The highest BCUT2D eigenvalue weighted by Gasteiger charge is 2.30. The van der Waals surface area contributed by atoms with Crippen molar-refractivity contribution < 1.29 is 9.26 Å². The zero-order valence-electron chi connectivity index (χ0n) is 15.0. The molecule has 0 aromatic carbocycles. The van der Waals surface area contributed by atoms with Gasteiger partial charge in [-0.25, -0.2) is 4.98 Å². The van der Waals surface area contributed by atoms with E-state index >= 15 is 0 Å². The summed E-state index contributed by atoms with van der Waals surface area (Å²) in [6.07, 6.45) is 1.49. The van der Waals surface area contributed by atoms with Crippen LogP contribution in [0.1, 0.15) is 36.0 Å². The van der Waals surface area contributed by atoms with Crippen molar-refractivity contribution in [3.63, 3.8) is 0 Å². The molecule has 0 aliphatic carbocycles. The minimum Gasteiger partial charge on any atom is -0.363 e. The number of hydrogen-bond acceptors (Lipinski definition) is 7. The van der Waals surface area contributed by atoms with Crippen LogP contribution < -0.4 is 5.56 Å². The lowest BCUT2D eigenvalue weighted by atomic mass is 10.2. The predicted octanol–water partition coefficient (Wildman–Crippen LogP) is 1.66. The van der Waals surface area contributed by atoms with E-state index in [4.69, 9.17) is 9.26 Å². The smallest absolute Gasteiger partial charge is 0.258 e. The number of aromatic nitrogens is 4. The van der Waals surface area contributed by atoms with E-state index in [2.05, 4.69) is 20.0 Å². The maximum absolute atomic E-state index is 12.4. The van der Waals surface area contributed by atoms with Crippen LogP contribution in [0.15, 0.2) is 33.7 Å². The first-order valence-corrected chi connectivity index (χ1v) is 8.65. The van der Waals surface area contributed by atoms with Gasteiger partial charge in [0.25, 0.3) is 11.4 Å². The summed E-state index contributed by atoms with van der Waals surface area (Å²) in [4.78, 5) is 23.6. The summed E-state index contributed by atoms with van der Waals surface area (Å²) in [6.45, 7) is 7.67. The largest absolute Gasteiger partial charge is 0.363 e. The zero-order chi connectivity index (χ0) is 18.3. The molecule has 4 rings (SSSR count). The van der Waals surface area contributed by atoms with Gasteiger partial charge in [0.15, 0.2) is 5.82 Å². The molecule has 3 aromatic heterocycles. The fraction of sp³-hybridized carbons (Fsp3) is 0.444. The van der Waals surface area contributed by atoms with Gasteiger partial charge in [0.1, 0.15) is 11.8 Å². The predicted molar refractivity (Wildman–Crippen MR) is 93.8 cm³/mol. The molecule has 0 unspecified atom stereocenters. The summed E-state index contributed by atoms with van der Waals surface area (Å²) < 4.78 is 12.8. The molecule has 0 bridgehead atoms. The number of hydrogen-bond donors (Lipinski definition) is 0. The zero-order valence-corrected chi connectivity index (χ0v) is 15.0. The molecule has 1 aliphatic rings. The van der Waals surface area contributed by atoms with Gasteiger partial charge >= 0.3 is 0 Å². The molecule has 0 amide bonds. The first-order valence-electron chi connectivity index (χ1n) is 8.65. The molecule has 136 valence electrons. The van der Waals surface area contributed by atoms with Crippen molar-refractivity contribution >= 4 is 5.65 Å². The van der Waals surface area contributed by atoms with Gasteiger partial charge in [-0.3, -0.25) is 14.1 Å². The third-order valence-corrected chi connectivity index (χ3v) is 4.48. The Balaban J connectivity index is 1.59. The van der Waals surface area contributed by atoms with Gasteiger partial charge < -0.3 is 9.26 Å². The number of aryl methyl sites for hydroxylation is 2. The quantitative estimate of drug-likeness (QED) is 0.706. The van der Waals surface area contributed by atoms with E-state index in [1.807, 2.05) is 26.0 Å². The number of fused-ring (bicyclic) bond motifs is 1. The fourth-order valence-corrected chi connectivity index (χ4v) is 3.37. The first-order chi connectivity index (χ1) is 12.5. The molecule has 0 N–H and O–H groups in total. The average Bonchev–Trinajstić information content (AvgIpc) is 3.02. The molecule has 0 saturated carbocycles. The van der Waals surface area contributed by atoms with Crippen molar-refractivity contribution in [3.05, 3.63) is 57.7 Å². The molecule has 3 aromatic rings. The summed E-state index contributed by atoms with van der Waals surface area (Å²) in [5.74, 6) is 1.08. The Morgan fingerprint density at radius 3 is 2.88 bits per heavy atom. The fourth-order valence-electron chi connectivity index (χ4n) is 3.37. The Hall–Kier alpha value is -2.58. The van der Waals surface area contributed by atoms with E-state index in [0.717, 1.165) is 17.8 Å². The van der Waals surface area contributed by atoms with E-state index in [1.54, 1.807) is 23.6 Å². The lowest BCUT2D eigenvalue weighted by Crippen LogP contribution is -2.42. The van der Waals surface area contributed by atoms with Gasteiger partial charge in [0.2, 0.25) is 0 Å². The van der Waals surface area contributed by atoms with Crippen molar-refractivity contribution in [2.45, 2.75) is 39.5 Å². The van der Waals surface area contributed by atoms with Gasteiger partial charge in [-0.1, -0.05) is 11.2 Å². The average molecular weight is 355 g/mol. The van der Waals surface area contributed by atoms with Crippen molar-refractivity contribution in [1.82, 2.24) is 24.4 Å². The number of nitrogens with zero attached hydrogens (tertiary/aromatic N) is 5. The molecule has 0 spiro atoms. The van der Waals surface area contributed by atoms with E-state index in [0.29, 0.717) is 30.5 Å². The van der Waals surface area contributed by atoms with E-state index < -0.39 is 0 Å². The van der Waals surface area contributed by atoms with Gasteiger partial charge in [0.05, 0.1) is 11.8 Å². The monoisotopic (exact) mass is 355 g/mol. The minimum absolute atomic E-state index is 0.0178. The van der Waals surface area contributed by atoms with Crippen LogP contribution >= 0.6 is 0 Å². The highest BCUT2D eigenvalue weighted by molar-refractivity contribution is 5.46. The molecule has 0 radical (unpaired) electrons. The second-order valence-corrected chi connectivity index (χ2v) is 6.78. The topological polar surface area (TPSA) is 85.8 Å². The van der Waals surface area contributed by atoms with Crippen LogP contribution in [0, 0.1) is 13.8 Å². The Bertz CT molecular complexity index is 996. The Kier molecular flexibility index (Phi) is 4.29. The van der Waals surface area contributed by atoms with Crippen molar-refractivity contribution in [3.8, 4) is 0 Å². The summed E-state index contributed by atoms with van der Waals surface area (Å²) in [7, 11) is 0. The Morgan fingerprint density at radius 1 is 1.27 bits per heavy atom. The maximum Gasteiger partial charge on any atom is 0.258 e. The highest BCUT2D eigenvalue weighted by Crippen LogP contribution is 2.24. The molecule has 1 saturated heterocycles. The molecule has 8 heteroatoms. The Morgan fingerprint density at radius 2 is 2.12 bits per heavy atom. The number of morpholine rings is 1. The molecular weight excluding hydrogens is 334 g/mol. The third-order valence-electron chi connectivity index (χ3n) is 4.48. The van der Waals surface area contributed by atoms with Crippen LogP contribution in [0.2, 0.25) is 0 Å². The number of rotatable bonds is 3. The summed E-state index contributed by atoms with van der Waals surface area (Å²) in [6, 6.07) is 5.40. The van der Waals surface area contributed by atoms with Crippen LogP contribution in [0.5, 0.6) is 0 Å². The second-order valence-electron chi connectivity index (χ2n) is 6.78. The van der Waals surface area contributed by atoms with E-state index in [1.165, 1.54) is 0 Å². The van der Waals surface area contributed by atoms with Gasteiger partial charge in [0, 0.05) is 31.9 Å². The highest BCUT2D eigenvalue weighted by atomic mass is 16.5. The first kappa shape index (κ1) is 16.9. The van der Waals surface area contributed by atoms with Crippen LogP contribution in [-0.4, -0.2) is 43.6 Å². The summed E-state index contributed by atoms with van der Waals surface area (Å²) in [5, 5.41) is 3.84. The normalized spacial score (nSPS) is 21.3. The molecule has 26 heavy (non-hydrogen) atoms. The van der Waals surface area contributed by atoms with Crippen LogP contribution in [0.4, 0.5) is 0 Å². The van der Waals surface area contributed by atoms with Crippen molar-refractivity contribution in [2.24, 2.45) is 0 Å². The molecule has 1 fully saturated rings. The van der Waals surface area contributed by atoms with E-state index in [9.17, 15) is 4.79 Å². The van der Waals surface area contributed by atoms with Crippen LogP contribution in [0.3, 0.4) is 0 Å². The van der Waals surface area contributed by atoms with Crippen molar-refractivity contribution in [2.75, 3.05) is 13.1 Å². The van der Waals surface area contributed by atoms with Gasteiger partial charge in [-0.15, -0.1) is 0 Å². The lowest BCUT2D eigenvalue weighted by molar-refractivity contribution is -0.0933. The number of pyridine rings is 1. The number of ether oxygens (including phenoxy) is 1. The molecule has 4 heterocycles. The minimum atomic E-state index is -0.275. The van der Waals surface area contributed by atoms with Gasteiger partial charge in [-0.2, -0.15) is 4.98 Å². The van der Waals surface area contributed by atoms with Crippen molar-refractivity contribution in [1.29, 1.82) is 0 Å².